The normalized spacial score (nSPS) is 11.0. The Labute approximate surface area is 311 Å². The van der Waals surface area contributed by atoms with E-state index in [9.17, 15) is 0 Å². The zero-order valence-electron chi connectivity index (χ0n) is 29.3. The number of hydrogen-bond donors (Lipinski definition) is 0. The molecule has 0 aliphatic rings. The Bertz CT molecular complexity index is 2660. The third-order valence-corrected chi connectivity index (χ3v) is 10.1. The van der Waals surface area contributed by atoms with E-state index in [0.717, 1.165) is 22.6 Å². The summed E-state index contributed by atoms with van der Waals surface area (Å²) in [7, 11) is 0. The Morgan fingerprint density at radius 1 is 0.245 bits per heavy atom. The third-order valence-electron chi connectivity index (χ3n) is 10.1. The van der Waals surface area contributed by atoms with Crippen LogP contribution in [0, 0.1) is 0 Å². The molecule has 0 amide bonds. The summed E-state index contributed by atoms with van der Waals surface area (Å²) in [5.74, 6) is 0. The Morgan fingerprint density at radius 2 is 0.642 bits per heavy atom. The van der Waals surface area contributed by atoms with Crippen LogP contribution in [0.5, 0.6) is 0 Å². The van der Waals surface area contributed by atoms with Crippen LogP contribution in [0.2, 0.25) is 0 Å². The maximum atomic E-state index is 2.37. The fourth-order valence-corrected chi connectivity index (χ4v) is 7.64. The Morgan fingerprint density at radius 3 is 1.32 bits per heavy atom. The first-order valence-electron chi connectivity index (χ1n) is 18.2. The van der Waals surface area contributed by atoms with Crippen molar-refractivity contribution in [2.45, 2.75) is 0 Å². The van der Waals surface area contributed by atoms with Gasteiger partial charge >= 0.3 is 0 Å². The van der Waals surface area contributed by atoms with Gasteiger partial charge in [-0.1, -0.05) is 188 Å². The molecule has 0 fully saturated rings. The molecule has 9 rings (SSSR count). The second-order valence-corrected chi connectivity index (χ2v) is 13.3. The van der Waals surface area contributed by atoms with Gasteiger partial charge in [0.2, 0.25) is 0 Å². The molecule has 0 aliphatic heterocycles. The van der Waals surface area contributed by atoms with Crippen LogP contribution in [0.3, 0.4) is 0 Å². The molecule has 9 aromatic carbocycles. The summed E-state index contributed by atoms with van der Waals surface area (Å²) in [5.41, 5.74) is 15.3. The number of anilines is 3. The van der Waals surface area contributed by atoms with Crippen LogP contribution >= 0.6 is 0 Å². The Hall–Kier alpha value is -6.96. The van der Waals surface area contributed by atoms with Gasteiger partial charge in [-0.05, 0) is 103 Å². The topological polar surface area (TPSA) is 3.24 Å². The summed E-state index contributed by atoms with van der Waals surface area (Å²) < 4.78 is 0. The van der Waals surface area contributed by atoms with Crippen LogP contribution in [0.15, 0.2) is 224 Å². The summed E-state index contributed by atoms with van der Waals surface area (Å²) in [5, 5.41) is 2.49. The van der Waals surface area contributed by atoms with Crippen molar-refractivity contribution in [1.82, 2.24) is 0 Å². The molecule has 1 nitrogen and oxygen atoms in total. The molecule has 0 aliphatic carbocycles. The minimum absolute atomic E-state index is 1.09. The van der Waals surface area contributed by atoms with Crippen molar-refractivity contribution in [3.05, 3.63) is 224 Å². The van der Waals surface area contributed by atoms with Crippen LogP contribution < -0.4 is 4.90 Å². The number of para-hydroxylation sites is 1. The van der Waals surface area contributed by atoms with Crippen molar-refractivity contribution < 1.29 is 0 Å². The number of rotatable bonds is 8. The zero-order chi connectivity index (χ0) is 35.4. The Kier molecular flexibility index (Phi) is 8.66. The highest BCUT2D eigenvalue weighted by Gasteiger charge is 2.20. The standard InChI is InChI=1S/C52H37N/c1-4-18-38(19-5-1)47-31-12-13-32-51(47)52-49(40-20-6-2-7-21-40)34-17-35-50(52)42-25-15-29-45(37-42)53(43-26-8-3-9-27-43)44-28-14-24-41(36-44)48-33-16-23-39-22-10-11-30-46(39)48/h1-37H. The van der Waals surface area contributed by atoms with E-state index >= 15 is 0 Å². The van der Waals surface area contributed by atoms with Crippen molar-refractivity contribution in [2.24, 2.45) is 0 Å². The van der Waals surface area contributed by atoms with Gasteiger partial charge in [-0.25, -0.2) is 0 Å². The highest BCUT2D eigenvalue weighted by molar-refractivity contribution is 6.01. The van der Waals surface area contributed by atoms with Crippen LogP contribution in [0.25, 0.3) is 66.4 Å². The van der Waals surface area contributed by atoms with Crippen molar-refractivity contribution >= 4 is 27.8 Å². The van der Waals surface area contributed by atoms with Gasteiger partial charge in [0.1, 0.15) is 0 Å². The fourth-order valence-electron chi connectivity index (χ4n) is 7.64. The van der Waals surface area contributed by atoms with E-state index in [-0.39, 0.29) is 0 Å². The van der Waals surface area contributed by atoms with Crippen molar-refractivity contribution in [3.63, 3.8) is 0 Å². The van der Waals surface area contributed by atoms with Gasteiger partial charge in [-0.2, -0.15) is 0 Å². The molecule has 9 aromatic rings. The maximum Gasteiger partial charge on any atom is 0.0467 e. The largest absolute Gasteiger partial charge is 0.310 e. The molecule has 1 heteroatoms. The second-order valence-electron chi connectivity index (χ2n) is 13.3. The monoisotopic (exact) mass is 675 g/mol. The molecular weight excluding hydrogens is 639 g/mol. The van der Waals surface area contributed by atoms with Crippen molar-refractivity contribution in [1.29, 1.82) is 0 Å². The fraction of sp³-hybridized carbons (Fsp3) is 0. The lowest BCUT2D eigenvalue weighted by molar-refractivity contribution is 1.28. The molecule has 0 atom stereocenters. The van der Waals surface area contributed by atoms with Gasteiger partial charge in [0.25, 0.3) is 0 Å². The van der Waals surface area contributed by atoms with Gasteiger partial charge in [0.05, 0.1) is 0 Å². The SMILES string of the molecule is c1ccc(-c2ccccc2-c2c(-c3ccccc3)cccc2-c2cccc(N(c3ccccc3)c3cccc(-c4cccc5ccccc45)c3)c2)cc1. The molecule has 0 aromatic heterocycles. The average molecular weight is 676 g/mol. The molecule has 0 bridgehead atoms. The van der Waals surface area contributed by atoms with E-state index in [1.807, 2.05) is 0 Å². The number of nitrogens with zero attached hydrogens (tertiary/aromatic N) is 1. The van der Waals surface area contributed by atoms with Gasteiger partial charge in [0, 0.05) is 17.1 Å². The summed E-state index contributed by atoms with van der Waals surface area (Å²) in [4.78, 5) is 2.37. The first kappa shape index (κ1) is 32.0. The molecule has 0 saturated heterocycles. The summed E-state index contributed by atoms with van der Waals surface area (Å²) >= 11 is 0. The molecule has 0 N–H and O–H groups in total. The molecular formula is C52H37N. The number of hydrogen-bond acceptors (Lipinski definition) is 1. The van der Waals surface area contributed by atoms with E-state index < -0.39 is 0 Å². The predicted octanol–water partition coefficient (Wildman–Crippen LogP) is 14.6. The first-order valence-corrected chi connectivity index (χ1v) is 18.2. The van der Waals surface area contributed by atoms with Gasteiger partial charge in [-0.3, -0.25) is 0 Å². The smallest absolute Gasteiger partial charge is 0.0467 e. The highest BCUT2D eigenvalue weighted by atomic mass is 15.1. The summed E-state index contributed by atoms with van der Waals surface area (Å²) in [6.45, 7) is 0. The van der Waals surface area contributed by atoms with Crippen LogP contribution in [-0.4, -0.2) is 0 Å². The summed E-state index contributed by atoms with van der Waals surface area (Å²) in [6, 6.07) is 80.8. The lowest BCUT2D eigenvalue weighted by Gasteiger charge is -2.27. The van der Waals surface area contributed by atoms with Gasteiger partial charge < -0.3 is 4.90 Å². The molecule has 53 heavy (non-hydrogen) atoms. The quantitative estimate of drug-likeness (QED) is 0.155. The average Bonchev–Trinajstić information content (AvgIpc) is 3.24. The highest BCUT2D eigenvalue weighted by Crippen LogP contribution is 2.45. The van der Waals surface area contributed by atoms with E-state index in [1.54, 1.807) is 0 Å². The molecule has 0 heterocycles. The Balaban J connectivity index is 1.23. The third kappa shape index (κ3) is 6.30. The molecule has 0 spiro atoms. The number of fused-ring (bicyclic) bond motifs is 1. The van der Waals surface area contributed by atoms with E-state index in [1.165, 1.54) is 60.8 Å². The molecule has 0 radical (unpaired) electrons. The minimum atomic E-state index is 1.09. The minimum Gasteiger partial charge on any atom is -0.310 e. The first-order chi connectivity index (χ1) is 26.3. The molecule has 0 unspecified atom stereocenters. The lowest BCUT2D eigenvalue weighted by atomic mass is 9.84. The number of benzene rings is 9. The maximum absolute atomic E-state index is 2.37. The van der Waals surface area contributed by atoms with E-state index in [2.05, 4.69) is 229 Å². The zero-order valence-corrected chi connectivity index (χ0v) is 29.3. The molecule has 250 valence electrons. The van der Waals surface area contributed by atoms with Crippen LogP contribution in [0.4, 0.5) is 17.1 Å². The van der Waals surface area contributed by atoms with Crippen LogP contribution in [-0.2, 0) is 0 Å². The van der Waals surface area contributed by atoms with Crippen molar-refractivity contribution in [2.75, 3.05) is 4.90 Å². The predicted molar refractivity (Wildman–Crippen MR) is 226 cm³/mol. The van der Waals surface area contributed by atoms with Crippen LogP contribution in [0.1, 0.15) is 0 Å². The lowest BCUT2D eigenvalue weighted by Crippen LogP contribution is -2.10. The van der Waals surface area contributed by atoms with Gasteiger partial charge in [0.15, 0.2) is 0 Å². The molecule has 0 saturated carbocycles. The van der Waals surface area contributed by atoms with Crippen molar-refractivity contribution in [3.8, 4) is 55.6 Å². The second kappa shape index (κ2) is 14.3. The summed E-state index contributed by atoms with van der Waals surface area (Å²) in [6.07, 6.45) is 0. The van der Waals surface area contributed by atoms with E-state index in [0.29, 0.717) is 0 Å². The van der Waals surface area contributed by atoms with E-state index in [4.69, 9.17) is 0 Å². The van der Waals surface area contributed by atoms with Gasteiger partial charge in [-0.15, -0.1) is 0 Å².